The van der Waals surface area contributed by atoms with E-state index in [9.17, 15) is 4.79 Å². The molecule has 31 heavy (non-hydrogen) atoms. The molecule has 2 aromatic rings. The number of nitrogens with zero attached hydrogens (tertiary/aromatic N) is 1. The topological polar surface area (TPSA) is 57.2 Å². The largest absolute Gasteiger partial charge is 0.490 e. The van der Waals surface area contributed by atoms with Gasteiger partial charge >= 0.3 is 6.09 Å². The molecule has 4 rings (SSSR count). The van der Waals surface area contributed by atoms with Crippen LogP contribution in [-0.2, 0) is 16.1 Å². The highest BCUT2D eigenvalue weighted by molar-refractivity contribution is 5.69. The van der Waals surface area contributed by atoms with Crippen LogP contribution in [0.25, 0.3) is 0 Å². The lowest BCUT2D eigenvalue weighted by Crippen LogP contribution is -2.56. The molecule has 2 aromatic carbocycles. The Morgan fingerprint density at radius 1 is 1.03 bits per heavy atom. The molecule has 1 saturated heterocycles. The summed E-state index contributed by atoms with van der Waals surface area (Å²) in [7, 11) is 0. The zero-order valence-corrected chi connectivity index (χ0v) is 17.9. The highest BCUT2D eigenvalue weighted by Gasteiger charge is 2.38. The van der Waals surface area contributed by atoms with Gasteiger partial charge in [-0.05, 0) is 31.0 Å². The van der Waals surface area contributed by atoms with E-state index in [2.05, 4.69) is 6.08 Å². The van der Waals surface area contributed by atoms with Gasteiger partial charge in [0.15, 0.2) is 11.5 Å². The van der Waals surface area contributed by atoms with Crippen LogP contribution in [0.5, 0.6) is 11.5 Å². The van der Waals surface area contributed by atoms with E-state index in [-0.39, 0.29) is 24.8 Å². The summed E-state index contributed by atoms with van der Waals surface area (Å²) in [6.45, 7) is 4.43. The van der Waals surface area contributed by atoms with Crippen LogP contribution in [0.2, 0.25) is 0 Å². The highest BCUT2D eigenvalue weighted by atomic mass is 16.6. The molecule has 1 fully saturated rings. The van der Waals surface area contributed by atoms with E-state index in [1.165, 1.54) is 5.57 Å². The SMILES string of the molecule is CCOc1ccccc1OCCC1=CC2COCC(C1)N2C(=O)OCc1ccccc1. The van der Waals surface area contributed by atoms with Gasteiger partial charge in [-0.2, -0.15) is 0 Å². The molecule has 2 heterocycles. The Morgan fingerprint density at radius 3 is 2.52 bits per heavy atom. The zero-order chi connectivity index (χ0) is 21.5. The molecule has 2 aliphatic rings. The van der Waals surface area contributed by atoms with Gasteiger partial charge < -0.3 is 18.9 Å². The Balaban J connectivity index is 1.33. The van der Waals surface area contributed by atoms with E-state index in [1.54, 1.807) is 0 Å². The molecule has 1 amide bonds. The fourth-order valence-corrected chi connectivity index (χ4v) is 4.08. The van der Waals surface area contributed by atoms with Gasteiger partial charge in [0.05, 0.1) is 38.5 Å². The van der Waals surface area contributed by atoms with Gasteiger partial charge in [-0.1, -0.05) is 54.1 Å². The lowest BCUT2D eigenvalue weighted by Gasteiger charge is -2.43. The summed E-state index contributed by atoms with van der Waals surface area (Å²) in [5.74, 6) is 1.52. The molecule has 2 bridgehead atoms. The van der Waals surface area contributed by atoms with Crippen LogP contribution < -0.4 is 9.47 Å². The van der Waals surface area contributed by atoms with Crippen molar-refractivity contribution >= 4 is 6.09 Å². The fraction of sp³-hybridized carbons (Fsp3) is 0.400. The van der Waals surface area contributed by atoms with Crippen molar-refractivity contribution in [2.45, 2.75) is 38.5 Å². The first-order chi connectivity index (χ1) is 15.2. The number of hydrogen-bond donors (Lipinski definition) is 0. The predicted molar refractivity (Wildman–Crippen MR) is 117 cm³/mol. The van der Waals surface area contributed by atoms with Crippen LogP contribution in [0.4, 0.5) is 4.79 Å². The predicted octanol–water partition coefficient (Wildman–Crippen LogP) is 4.59. The number of hydrogen-bond acceptors (Lipinski definition) is 5. The number of para-hydroxylation sites is 2. The van der Waals surface area contributed by atoms with Crippen LogP contribution in [-0.4, -0.2) is 49.5 Å². The summed E-state index contributed by atoms with van der Waals surface area (Å²) < 4.78 is 22.9. The second-order valence-electron chi connectivity index (χ2n) is 7.71. The third kappa shape index (κ3) is 5.39. The zero-order valence-electron chi connectivity index (χ0n) is 17.9. The van der Waals surface area contributed by atoms with Crippen LogP contribution in [0.3, 0.4) is 0 Å². The first-order valence-electron chi connectivity index (χ1n) is 10.9. The van der Waals surface area contributed by atoms with E-state index in [0.29, 0.717) is 26.4 Å². The van der Waals surface area contributed by atoms with Crippen molar-refractivity contribution in [3.05, 3.63) is 71.8 Å². The van der Waals surface area contributed by atoms with Gasteiger partial charge in [0.2, 0.25) is 0 Å². The van der Waals surface area contributed by atoms with E-state index >= 15 is 0 Å². The lowest BCUT2D eigenvalue weighted by molar-refractivity contribution is -0.0377. The molecule has 0 radical (unpaired) electrons. The first kappa shape index (κ1) is 21.2. The van der Waals surface area contributed by atoms with E-state index in [4.69, 9.17) is 18.9 Å². The summed E-state index contributed by atoms with van der Waals surface area (Å²) in [6.07, 6.45) is 3.43. The van der Waals surface area contributed by atoms with Crippen molar-refractivity contribution in [2.75, 3.05) is 26.4 Å². The van der Waals surface area contributed by atoms with E-state index in [1.807, 2.05) is 66.4 Å². The minimum absolute atomic E-state index is 0.00210. The number of morpholine rings is 1. The van der Waals surface area contributed by atoms with E-state index < -0.39 is 0 Å². The van der Waals surface area contributed by atoms with Crippen molar-refractivity contribution in [2.24, 2.45) is 0 Å². The van der Waals surface area contributed by atoms with Crippen molar-refractivity contribution < 1.29 is 23.7 Å². The molecule has 2 aliphatic heterocycles. The average Bonchev–Trinajstić information content (AvgIpc) is 2.79. The molecule has 164 valence electrons. The monoisotopic (exact) mass is 423 g/mol. The number of rotatable bonds is 8. The first-order valence-corrected chi connectivity index (χ1v) is 10.9. The Kier molecular flexibility index (Phi) is 7.10. The Morgan fingerprint density at radius 2 is 1.77 bits per heavy atom. The molecule has 6 heteroatoms. The molecule has 6 nitrogen and oxygen atoms in total. The molecule has 2 atom stereocenters. The van der Waals surface area contributed by atoms with E-state index in [0.717, 1.165) is 29.9 Å². The van der Waals surface area contributed by atoms with Crippen LogP contribution in [0, 0.1) is 0 Å². The molecule has 0 aromatic heterocycles. The van der Waals surface area contributed by atoms with Gasteiger partial charge in [-0.25, -0.2) is 4.79 Å². The second kappa shape index (κ2) is 10.4. The number of amides is 1. The van der Waals surface area contributed by atoms with Crippen LogP contribution in [0.15, 0.2) is 66.2 Å². The van der Waals surface area contributed by atoms with Crippen molar-refractivity contribution in [3.63, 3.8) is 0 Å². The molecule has 0 aliphatic carbocycles. The second-order valence-corrected chi connectivity index (χ2v) is 7.71. The molecule has 0 N–H and O–H groups in total. The number of carbonyl (C=O) groups excluding carboxylic acids is 1. The Labute approximate surface area is 183 Å². The maximum atomic E-state index is 12.8. The number of fused-ring (bicyclic) bond motifs is 2. The quantitative estimate of drug-likeness (QED) is 0.581. The summed E-state index contributed by atoms with van der Waals surface area (Å²) in [6, 6.07) is 17.4. The van der Waals surface area contributed by atoms with Gasteiger partial charge in [0.25, 0.3) is 0 Å². The summed E-state index contributed by atoms with van der Waals surface area (Å²) in [5, 5.41) is 0. The Bertz CT molecular complexity index is 898. The Hall–Kier alpha value is -2.99. The molecule has 2 unspecified atom stereocenters. The number of benzene rings is 2. The lowest BCUT2D eigenvalue weighted by atomic mass is 9.93. The van der Waals surface area contributed by atoms with Gasteiger partial charge in [-0.3, -0.25) is 4.90 Å². The van der Waals surface area contributed by atoms with Crippen molar-refractivity contribution in [1.29, 1.82) is 0 Å². The van der Waals surface area contributed by atoms with Crippen LogP contribution >= 0.6 is 0 Å². The normalized spacial score (nSPS) is 20.0. The molecular formula is C25H29NO5. The maximum absolute atomic E-state index is 12.8. The molecule has 0 saturated carbocycles. The minimum Gasteiger partial charge on any atom is -0.490 e. The maximum Gasteiger partial charge on any atom is 0.411 e. The van der Waals surface area contributed by atoms with Crippen molar-refractivity contribution in [1.82, 2.24) is 4.90 Å². The number of carbonyl (C=O) groups is 1. The van der Waals surface area contributed by atoms with Crippen LogP contribution in [0.1, 0.15) is 25.3 Å². The van der Waals surface area contributed by atoms with Gasteiger partial charge in [-0.15, -0.1) is 0 Å². The third-order valence-electron chi connectivity index (χ3n) is 5.52. The standard InChI is InChI=1S/C25H29NO5/c1-2-29-23-10-6-7-11-24(23)30-13-12-20-14-21-17-28-18-22(15-20)26(21)25(27)31-16-19-8-4-3-5-9-19/h3-11,14,21-22H,2,12-13,15-18H2,1H3. The third-order valence-corrected chi connectivity index (χ3v) is 5.52. The highest BCUT2D eigenvalue weighted by Crippen LogP contribution is 2.31. The van der Waals surface area contributed by atoms with Gasteiger partial charge in [0.1, 0.15) is 6.61 Å². The smallest absolute Gasteiger partial charge is 0.411 e. The molecular weight excluding hydrogens is 394 g/mol. The fourth-order valence-electron chi connectivity index (χ4n) is 4.08. The summed E-state index contributed by atoms with van der Waals surface area (Å²) >= 11 is 0. The average molecular weight is 424 g/mol. The minimum atomic E-state index is -0.278. The van der Waals surface area contributed by atoms with Gasteiger partial charge in [0, 0.05) is 6.42 Å². The van der Waals surface area contributed by atoms with Crippen molar-refractivity contribution in [3.8, 4) is 11.5 Å². The summed E-state index contributed by atoms with van der Waals surface area (Å²) in [4.78, 5) is 14.6. The summed E-state index contributed by atoms with van der Waals surface area (Å²) in [5.41, 5.74) is 2.27. The molecule has 0 spiro atoms. The number of ether oxygens (including phenoxy) is 4.